The highest BCUT2D eigenvalue weighted by Crippen LogP contribution is 2.35. The number of imide groups is 1. The Balaban J connectivity index is 1.75. The van der Waals surface area contributed by atoms with Crippen molar-refractivity contribution in [1.29, 1.82) is 0 Å². The maximum Gasteiger partial charge on any atom is 0.325 e. The first-order valence-electron chi connectivity index (χ1n) is 7.19. The smallest absolute Gasteiger partial charge is 0.325 e. The van der Waals surface area contributed by atoms with E-state index in [-0.39, 0.29) is 11.7 Å². The van der Waals surface area contributed by atoms with E-state index in [0.29, 0.717) is 5.96 Å². The highest BCUT2D eigenvalue weighted by atomic mass is 16.3. The van der Waals surface area contributed by atoms with Crippen molar-refractivity contribution < 1.29 is 14.7 Å². The van der Waals surface area contributed by atoms with E-state index in [1.165, 1.54) is 4.90 Å². The van der Waals surface area contributed by atoms with Gasteiger partial charge in [-0.05, 0) is 31.2 Å². The summed E-state index contributed by atoms with van der Waals surface area (Å²) in [6.45, 7) is 1.91. The van der Waals surface area contributed by atoms with Gasteiger partial charge >= 0.3 is 6.03 Å². The lowest BCUT2D eigenvalue weighted by molar-refractivity contribution is -0.126. The lowest BCUT2D eigenvalue weighted by Gasteiger charge is -2.34. The Morgan fingerprint density at radius 3 is 2.61 bits per heavy atom. The quantitative estimate of drug-likeness (QED) is 0.793. The molecule has 4 rings (SSSR count). The fraction of sp³-hybridized carbons (Fsp3) is 0.267. The molecule has 2 atom stereocenters. The number of nitrogens with zero attached hydrogens (tertiary/aromatic N) is 4. The number of guanidine groups is 1. The van der Waals surface area contributed by atoms with Gasteiger partial charge in [-0.25, -0.2) is 9.79 Å². The zero-order chi connectivity index (χ0) is 16.3. The van der Waals surface area contributed by atoms with Gasteiger partial charge in [-0.2, -0.15) is 0 Å². The molecule has 118 valence electrons. The molecule has 2 N–H and O–H groups in total. The van der Waals surface area contributed by atoms with E-state index >= 15 is 0 Å². The Kier molecular flexibility index (Phi) is 2.65. The summed E-state index contributed by atoms with van der Waals surface area (Å²) in [5.41, 5.74) is 1.73. The van der Waals surface area contributed by atoms with Gasteiger partial charge in [0.25, 0.3) is 5.91 Å². The van der Waals surface area contributed by atoms with Gasteiger partial charge in [-0.3, -0.25) is 15.0 Å². The molecule has 8 nitrogen and oxygen atoms in total. The molecule has 23 heavy (non-hydrogen) atoms. The number of aliphatic imine (C=N–C) groups is 1. The van der Waals surface area contributed by atoms with Gasteiger partial charge in [0, 0.05) is 24.6 Å². The number of allylic oxidation sites excluding steroid dienone is 1. The highest BCUT2D eigenvalue weighted by molar-refractivity contribution is 6.09. The minimum Gasteiger partial charge on any atom is -0.508 e. The first-order chi connectivity index (χ1) is 11.0. The topological polar surface area (TPSA) is 88.5 Å². The number of benzene rings is 1. The first kappa shape index (κ1) is 13.6. The Bertz CT molecular complexity index is 770. The van der Waals surface area contributed by atoms with E-state index in [1.54, 1.807) is 36.2 Å². The number of hydrogen-bond acceptors (Lipinski definition) is 6. The van der Waals surface area contributed by atoms with E-state index in [2.05, 4.69) is 10.3 Å². The Hall–Kier alpha value is -3.03. The van der Waals surface area contributed by atoms with Crippen LogP contribution in [-0.4, -0.2) is 52.1 Å². The molecule has 3 aliphatic heterocycles. The second-order valence-electron chi connectivity index (χ2n) is 5.72. The molecule has 0 bridgehead atoms. The second-order valence-corrected chi connectivity index (χ2v) is 5.72. The van der Waals surface area contributed by atoms with Crippen LogP contribution in [0.25, 0.3) is 0 Å². The van der Waals surface area contributed by atoms with Gasteiger partial charge in [0.2, 0.25) is 5.96 Å². The van der Waals surface area contributed by atoms with Gasteiger partial charge in [0.1, 0.15) is 5.75 Å². The number of phenols is 1. The number of likely N-dealkylation sites (N-methyl/N-ethyl adjacent to an activating group) is 1. The minimum atomic E-state index is -0.565. The van der Waals surface area contributed by atoms with Crippen LogP contribution in [0.5, 0.6) is 5.75 Å². The maximum absolute atomic E-state index is 12.2. The number of aromatic hydroxyl groups is 1. The lowest BCUT2D eigenvalue weighted by Crippen LogP contribution is -2.62. The van der Waals surface area contributed by atoms with Crippen molar-refractivity contribution in [2.75, 3.05) is 11.9 Å². The number of hydrogen-bond donors (Lipinski definition) is 2. The van der Waals surface area contributed by atoms with Crippen molar-refractivity contribution >= 4 is 23.6 Å². The van der Waals surface area contributed by atoms with Crippen molar-refractivity contribution in [3.63, 3.8) is 0 Å². The predicted octanol–water partition coefficient (Wildman–Crippen LogP) is 0.621. The van der Waals surface area contributed by atoms with E-state index in [0.717, 1.165) is 11.4 Å². The molecular formula is C15H15N5O3. The monoisotopic (exact) mass is 313 g/mol. The van der Waals surface area contributed by atoms with Gasteiger partial charge in [-0.1, -0.05) is 0 Å². The molecule has 0 aliphatic carbocycles. The number of phenolic OH excluding ortho intramolecular Hbond substituents is 1. The van der Waals surface area contributed by atoms with Crippen LogP contribution >= 0.6 is 0 Å². The van der Waals surface area contributed by atoms with Crippen molar-refractivity contribution in [1.82, 2.24) is 15.1 Å². The molecule has 3 heterocycles. The lowest BCUT2D eigenvalue weighted by atomic mass is 10.1. The molecule has 1 aromatic rings. The zero-order valence-corrected chi connectivity index (χ0v) is 12.6. The summed E-state index contributed by atoms with van der Waals surface area (Å²) >= 11 is 0. The summed E-state index contributed by atoms with van der Waals surface area (Å²) < 4.78 is 0. The summed E-state index contributed by atoms with van der Waals surface area (Å²) in [6.07, 6.45) is 1.30. The van der Waals surface area contributed by atoms with Crippen molar-refractivity contribution in [3.05, 3.63) is 36.2 Å². The molecule has 8 heteroatoms. The minimum absolute atomic E-state index is 0.179. The van der Waals surface area contributed by atoms with Gasteiger partial charge in [-0.15, -0.1) is 0 Å². The Morgan fingerprint density at radius 2 is 1.91 bits per heavy atom. The fourth-order valence-electron chi connectivity index (χ4n) is 3.12. The van der Waals surface area contributed by atoms with Gasteiger partial charge in [0.15, 0.2) is 12.2 Å². The summed E-state index contributed by atoms with van der Waals surface area (Å²) in [5.74, 6) is 0.423. The van der Waals surface area contributed by atoms with Crippen LogP contribution in [0.2, 0.25) is 0 Å². The summed E-state index contributed by atoms with van der Waals surface area (Å²) in [7, 11) is 1.62. The molecule has 1 saturated heterocycles. The molecule has 0 radical (unpaired) electrons. The van der Waals surface area contributed by atoms with Crippen LogP contribution < -0.4 is 10.2 Å². The van der Waals surface area contributed by atoms with Crippen molar-refractivity contribution in [2.24, 2.45) is 4.99 Å². The highest BCUT2D eigenvalue weighted by Gasteiger charge is 2.51. The van der Waals surface area contributed by atoms with Gasteiger partial charge in [0.05, 0.1) is 0 Å². The van der Waals surface area contributed by atoms with Crippen molar-refractivity contribution in [3.8, 4) is 5.75 Å². The van der Waals surface area contributed by atoms with Crippen LogP contribution in [-0.2, 0) is 4.79 Å². The molecule has 0 spiro atoms. The number of rotatable bonds is 1. The summed E-state index contributed by atoms with van der Waals surface area (Å²) in [4.78, 5) is 33.7. The van der Waals surface area contributed by atoms with E-state index in [9.17, 15) is 14.7 Å². The summed E-state index contributed by atoms with van der Waals surface area (Å²) in [5, 5.41) is 11.8. The fourth-order valence-corrected chi connectivity index (χ4v) is 3.12. The Labute approximate surface area is 132 Å². The normalized spacial score (nSPS) is 25.9. The van der Waals surface area contributed by atoms with Crippen LogP contribution in [0.3, 0.4) is 0 Å². The third-order valence-corrected chi connectivity index (χ3v) is 4.26. The average Bonchev–Trinajstić information content (AvgIpc) is 3.01. The number of fused-ring (bicyclic) bond motifs is 3. The molecule has 0 saturated carbocycles. The molecular weight excluding hydrogens is 298 g/mol. The van der Waals surface area contributed by atoms with Crippen LogP contribution in [0.15, 0.2) is 41.2 Å². The number of urea groups is 1. The zero-order valence-electron chi connectivity index (χ0n) is 12.6. The van der Waals surface area contributed by atoms with Crippen LogP contribution in [0.4, 0.5) is 10.5 Å². The third-order valence-electron chi connectivity index (χ3n) is 4.26. The van der Waals surface area contributed by atoms with Crippen LogP contribution in [0.1, 0.15) is 6.92 Å². The number of anilines is 1. The standard InChI is InChI=1S/C15H15N5O3/c1-8-7-19-11-12(18(2)15(23)17-13(11)22)16-14(19)20(8)9-3-5-10(21)6-4-9/h3-7,11-12,21H,1-2H3,(H,17,22,23). The molecule has 2 unspecified atom stereocenters. The number of nitrogens with one attached hydrogen (secondary N) is 1. The van der Waals surface area contributed by atoms with E-state index in [1.807, 2.05) is 18.0 Å². The van der Waals surface area contributed by atoms with E-state index in [4.69, 9.17) is 0 Å². The largest absolute Gasteiger partial charge is 0.508 e. The molecule has 3 amide bonds. The van der Waals surface area contributed by atoms with Gasteiger partial charge < -0.3 is 14.9 Å². The Morgan fingerprint density at radius 1 is 1.22 bits per heavy atom. The molecule has 3 aliphatic rings. The molecule has 0 aromatic heterocycles. The predicted molar refractivity (Wildman–Crippen MR) is 82.5 cm³/mol. The average molecular weight is 313 g/mol. The van der Waals surface area contributed by atoms with Crippen molar-refractivity contribution in [2.45, 2.75) is 19.1 Å². The first-order valence-corrected chi connectivity index (χ1v) is 7.19. The van der Waals surface area contributed by atoms with E-state index < -0.39 is 18.2 Å². The number of amides is 3. The SMILES string of the molecule is CC1=CN2C(=NC3C2C(=O)NC(=O)N3C)N1c1ccc(O)cc1. The molecule has 1 fully saturated rings. The number of carbonyl (C=O) groups is 2. The van der Waals surface area contributed by atoms with Crippen LogP contribution in [0, 0.1) is 0 Å². The maximum atomic E-state index is 12.2. The number of carbonyl (C=O) groups excluding carboxylic acids is 2. The second kappa shape index (κ2) is 4.48. The summed E-state index contributed by atoms with van der Waals surface area (Å²) in [6, 6.07) is 5.72. The third kappa shape index (κ3) is 1.81. The molecule has 1 aromatic carbocycles.